The molecule has 40 heavy (non-hydrogen) atoms. The third-order valence-corrected chi connectivity index (χ3v) is 6.83. The van der Waals surface area contributed by atoms with Gasteiger partial charge in [-0.1, -0.05) is 65.0 Å². The van der Waals surface area contributed by atoms with E-state index in [0.717, 1.165) is 22.6 Å². The number of hydrogen-bond donors (Lipinski definition) is 1. The van der Waals surface area contributed by atoms with E-state index in [1.54, 1.807) is 4.90 Å². The first-order chi connectivity index (χ1) is 18.8. The Labute approximate surface area is 237 Å². The van der Waals surface area contributed by atoms with E-state index in [2.05, 4.69) is 26.1 Å². The van der Waals surface area contributed by atoms with E-state index in [-0.39, 0.29) is 25.0 Å². The second kappa shape index (κ2) is 13.2. The minimum atomic E-state index is -0.950. The fourth-order valence-corrected chi connectivity index (χ4v) is 4.79. The van der Waals surface area contributed by atoms with Crippen LogP contribution in [0, 0.1) is 11.3 Å². The second-order valence-electron chi connectivity index (χ2n) is 12.1. The smallest absolute Gasteiger partial charge is 0.410 e. The fourth-order valence-electron chi connectivity index (χ4n) is 4.79. The molecule has 1 N–H and O–H groups in total. The van der Waals surface area contributed by atoms with Gasteiger partial charge in [-0.3, -0.25) is 9.69 Å². The number of fused-ring (bicyclic) bond motifs is 3. The highest BCUT2D eigenvalue weighted by Crippen LogP contribution is 2.30. The normalized spacial score (nSPS) is 25.4. The third-order valence-electron chi connectivity index (χ3n) is 6.83. The number of methoxy groups -OCH3 is 1. The van der Waals surface area contributed by atoms with Crippen LogP contribution in [0.2, 0.25) is 0 Å². The van der Waals surface area contributed by atoms with Crippen molar-refractivity contribution < 1.29 is 33.4 Å². The number of cyclic esters (lactones) is 1. The molecule has 3 aliphatic heterocycles. The van der Waals surface area contributed by atoms with Crippen LogP contribution in [0.15, 0.2) is 24.3 Å². The molecule has 1 aromatic carbocycles. The Hall–Kier alpha value is -3.56. The zero-order valence-electron chi connectivity index (χ0n) is 24.7. The quantitative estimate of drug-likeness (QED) is 0.399. The van der Waals surface area contributed by atoms with E-state index in [1.165, 1.54) is 18.9 Å². The first kappa shape index (κ1) is 31.0. The van der Waals surface area contributed by atoms with Crippen molar-refractivity contribution >= 4 is 30.1 Å². The van der Waals surface area contributed by atoms with Crippen LogP contribution in [0.4, 0.5) is 9.59 Å². The molecule has 1 saturated heterocycles. The minimum Gasteiger partial charge on any atom is -0.467 e. The van der Waals surface area contributed by atoms with Gasteiger partial charge in [0.1, 0.15) is 18.2 Å². The van der Waals surface area contributed by atoms with Gasteiger partial charge in [0.2, 0.25) is 5.91 Å². The number of nitrogens with zero attached hydrogens (tertiary/aromatic N) is 2. The lowest BCUT2D eigenvalue weighted by atomic mass is 9.90. The highest BCUT2D eigenvalue weighted by Gasteiger charge is 2.44. The van der Waals surface area contributed by atoms with Crippen LogP contribution in [0.5, 0.6) is 0 Å². The number of esters is 1. The highest BCUT2D eigenvalue weighted by atomic mass is 16.6. The van der Waals surface area contributed by atoms with Gasteiger partial charge >= 0.3 is 18.2 Å². The molecule has 220 valence electrons. The lowest BCUT2D eigenvalue weighted by Crippen LogP contribution is -2.51. The van der Waals surface area contributed by atoms with Crippen LogP contribution in [-0.2, 0) is 36.9 Å². The molecule has 10 heteroatoms. The summed E-state index contributed by atoms with van der Waals surface area (Å²) in [6.07, 6.45) is 2.93. The van der Waals surface area contributed by atoms with Crippen LogP contribution in [0.3, 0.4) is 0 Å². The number of benzene rings is 1. The van der Waals surface area contributed by atoms with Crippen LogP contribution < -0.4 is 5.32 Å². The molecule has 0 unspecified atom stereocenters. The Morgan fingerprint density at radius 1 is 1.15 bits per heavy atom. The number of alkyl carbamates (subject to hydrolysis) is 1. The molecule has 3 amide bonds. The van der Waals surface area contributed by atoms with E-state index in [4.69, 9.17) is 14.2 Å². The van der Waals surface area contributed by atoms with Crippen molar-refractivity contribution in [1.29, 1.82) is 0 Å². The lowest BCUT2D eigenvalue weighted by molar-refractivity contribution is -0.151. The van der Waals surface area contributed by atoms with Crippen molar-refractivity contribution in [1.82, 2.24) is 15.1 Å². The summed E-state index contributed by atoms with van der Waals surface area (Å²) in [4.78, 5) is 53.9. The average molecular weight is 558 g/mol. The van der Waals surface area contributed by atoms with Gasteiger partial charge in [-0.25, -0.2) is 14.4 Å². The van der Waals surface area contributed by atoms with Crippen LogP contribution in [-0.4, -0.2) is 72.3 Å². The monoisotopic (exact) mass is 557 g/mol. The number of amides is 3. The maximum atomic E-state index is 13.1. The Balaban J connectivity index is 0.00000103. The minimum absolute atomic E-state index is 0.0210. The van der Waals surface area contributed by atoms with E-state index >= 15 is 0 Å². The fraction of sp³-hybridized carbons (Fsp3) is 0.600. The predicted octanol–water partition coefficient (Wildman–Crippen LogP) is 4.50. The number of carbonyl (C=O) groups is 4. The molecular weight excluding hydrogens is 514 g/mol. The number of allylic oxidation sites excluding steroid dienone is 1. The molecular formula is C30H43N3O7. The van der Waals surface area contributed by atoms with Gasteiger partial charge in [0.05, 0.1) is 26.8 Å². The topological polar surface area (TPSA) is 114 Å². The SMILES string of the molecule is CC(C)C.COC(=O)[C@@H]1C[C@@H]2CN1C(=O)[C@H](C)NC(=O)OCC(C)(C)C/C=C/c1cccc3c1CN(C3)C(=O)O2. The van der Waals surface area contributed by atoms with Gasteiger partial charge in [-0.15, -0.1) is 0 Å². The predicted molar refractivity (Wildman–Crippen MR) is 150 cm³/mol. The highest BCUT2D eigenvalue weighted by molar-refractivity contribution is 5.90. The van der Waals surface area contributed by atoms with E-state index in [0.29, 0.717) is 19.5 Å². The summed E-state index contributed by atoms with van der Waals surface area (Å²) >= 11 is 0. The number of hydrogen-bond acceptors (Lipinski definition) is 7. The molecule has 0 saturated carbocycles. The first-order valence-corrected chi connectivity index (χ1v) is 13.9. The van der Waals surface area contributed by atoms with Gasteiger partial charge in [0.25, 0.3) is 0 Å². The summed E-state index contributed by atoms with van der Waals surface area (Å²) in [6, 6.07) is 4.09. The summed E-state index contributed by atoms with van der Waals surface area (Å²) in [5.74, 6) is -0.259. The van der Waals surface area contributed by atoms with Crippen molar-refractivity contribution in [2.75, 3.05) is 20.3 Å². The molecule has 0 radical (unpaired) electrons. The van der Waals surface area contributed by atoms with Crippen molar-refractivity contribution in [3.63, 3.8) is 0 Å². The molecule has 3 atom stereocenters. The molecule has 1 aromatic rings. The van der Waals surface area contributed by atoms with E-state index in [1.807, 2.05) is 44.2 Å². The number of carbonyl (C=O) groups excluding carboxylic acids is 4. The van der Waals surface area contributed by atoms with Crippen LogP contribution >= 0.6 is 0 Å². The largest absolute Gasteiger partial charge is 0.467 e. The molecule has 3 aliphatic rings. The molecule has 0 spiro atoms. The van der Waals surface area contributed by atoms with Gasteiger partial charge in [0.15, 0.2) is 0 Å². The van der Waals surface area contributed by atoms with E-state index in [9.17, 15) is 19.2 Å². The number of rotatable bonds is 1. The van der Waals surface area contributed by atoms with Crippen molar-refractivity contribution in [3.8, 4) is 0 Å². The summed E-state index contributed by atoms with van der Waals surface area (Å²) < 4.78 is 16.0. The Kier molecular flexibility index (Phi) is 10.2. The molecule has 0 aromatic heterocycles. The molecule has 4 rings (SSSR count). The summed E-state index contributed by atoms with van der Waals surface area (Å²) in [5, 5.41) is 2.54. The maximum Gasteiger partial charge on any atom is 0.410 e. The van der Waals surface area contributed by atoms with E-state index < -0.39 is 42.3 Å². The average Bonchev–Trinajstić information content (AvgIpc) is 3.51. The standard InChI is InChI=1S/C26H33N3O7.C4H10/c1-16-22(30)29-13-19(11-21(29)23(31)34-4)36-25(33)28-12-18-8-5-7-17(20(18)14-28)9-6-10-26(2,3)15-35-24(32)27-16;1-4(2)3/h5-9,16,19,21H,10-15H2,1-4H3,(H,27,32);4H,1-3H3/b9-6+;/t16-,19+,21-;/m0./s1. The molecule has 0 aliphatic carbocycles. The molecule has 4 bridgehead atoms. The Morgan fingerprint density at radius 3 is 2.52 bits per heavy atom. The van der Waals surface area contributed by atoms with Gasteiger partial charge in [-0.05, 0) is 36.0 Å². The van der Waals surface area contributed by atoms with Gasteiger partial charge < -0.3 is 24.4 Å². The summed E-state index contributed by atoms with van der Waals surface area (Å²) in [7, 11) is 1.24. The molecule has 10 nitrogen and oxygen atoms in total. The van der Waals surface area contributed by atoms with Gasteiger partial charge in [-0.2, -0.15) is 0 Å². The second-order valence-corrected chi connectivity index (χ2v) is 12.1. The van der Waals surface area contributed by atoms with Crippen molar-refractivity contribution in [2.45, 2.75) is 85.7 Å². The third kappa shape index (κ3) is 7.99. The van der Waals surface area contributed by atoms with Crippen molar-refractivity contribution in [2.24, 2.45) is 11.3 Å². The summed E-state index contributed by atoms with van der Waals surface area (Å²) in [5.41, 5.74) is 2.79. The number of nitrogens with one attached hydrogen (secondary N) is 1. The maximum absolute atomic E-state index is 13.1. The van der Waals surface area contributed by atoms with Crippen molar-refractivity contribution in [3.05, 3.63) is 41.0 Å². The Morgan fingerprint density at radius 2 is 1.85 bits per heavy atom. The zero-order valence-corrected chi connectivity index (χ0v) is 24.7. The zero-order chi connectivity index (χ0) is 29.6. The molecule has 3 heterocycles. The van der Waals surface area contributed by atoms with Crippen LogP contribution in [0.25, 0.3) is 6.08 Å². The number of ether oxygens (including phenoxy) is 3. The molecule has 1 fully saturated rings. The van der Waals surface area contributed by atoms with Crippen LogP contribution in [0.1, 0.15) is 71.1 Å². The van der Waals surface area contributed by atoms with Gasteiger partial charge in [0, 0.05) is 18.4 Å². The summed E-state index contributed by atoms with van der Waals surface area (Å²) in [6.45, 7) is 13.0. The first-order valence-electron chi connectivity index (χ1n) is 13.9. The Bertz CT molecular complexity index is 1130. The lowest BCUT2D eigenvalue weighted by Gasteiger charge is -2.27.